The molecule has 1 rings (SSSR count). The van der Waals surface area contributed by atoms with Gasteiger partial charge < -0.3 is 19.7 Å². The van der Waals surface area contributed by atoms with Gasteiger partial charge in [0.15, 0.2) is 0 Å². The van der Waals surface area contributed by atoms with Crippen molar-refractivity contribution in [2.75, 3.05) is 13.7 Å². The number of amides is 1. The molecule has 1 amide bonds. The fourth-order valence-electron chi connectivity index (χ4n) is 1.93. The fourth-order valence-corrected chi connectivity index (χ4v) is 1.93. The summed E-state index contributed by atoms with van der Waals surface area (Å²) in [6.07, 6.45) is 3.17. The molecule has 20 heavy (non-hydrogen) atoms. The predicted molar refractivity (Wildman–Crippen MR) is 74.7 cm³/mol. The molecule has 0 radical (unpaired) electrons. The van der Waals surface area contributed by atoms with Crippen LogP contribution in [-0.2, 0) is 16.1 Å². The van der Waals surface area contributed by atoms with Crippen molar-refractivity contribution in [1.82, 2.24) is 9.88 Å². The van der Waals surface area contributed by atoms with Gasteiger partial charge in [-0.1, -0.05) is 0 Å². The maximum Gasteiger partial charge on any atom is 0.303 e. The summed E-state index contributed by atoms with van der Waals surface area (Å²) in [5, 5.41) is 11.5. The number of hydrogen-bond acceptors (Lipinski definition) is 3. The van der Waals surface area contributed by atoms with Crippen LogP contribution in [0.2, 0.25) is 0 Å². The molecule has 2 N–H and O–H groups in total. The first-order valence-corrected chi connectivity index (χ1v) is 6.71. The lowest BCUT2D eigenvalue weighted by Gasteiger charge is -2.14. The van der Waals surface area contributed by atoms with E-state index in [9.17, 15) is 9.59 Å². The topological polar surface area (TPSA) is 80.6 Å². The van der Waals surface area contributed by atoms with Gasteiger partial charge in [-0.05, 0) is 31.9 Å². The summed E-state index contributed by atoms with van der Waals surface area (Å²) in [6.45, 7) is 3.05. The average molecular weight is 282 g/mol. The standard InChI is InChI=1S/C14H22N2O4/c1-11(5-3-7-13(17)18)15-14(19)12-6-4-8-16(12)9-10-20-2/h4,6,8,11H,3,5,7,9-10H2,1-2H3,(H,15,19)(H,17,18). The van der Waals surface area contributed by atoms with Gasteiger partial charge in [-0.2, -0.15) is 0 Å². The summed E-state index contributed by atoms with van der Waals surface area (Å²) in [7, 11) is 1.62. The second kappa shape index (κ2) is 8.37. The van der Waals surface area contributed by atoms with Crippen LogP contribution in [0.5, 0.6) is 0 Å². The molecular weight excluding hydrogens is 260 g/mol. The highest BCUT2D eigenvalue weighted by molar-refractivity contribution is 5.92. The Balaban J connectivity index is 2.45. The van der Waals surface area contributed by atoms with Crippen molar-refractivity contribution in [1.29, 1.82) is 0 Å². The quantitative estimate of drug-likeness (QED) is 0.719. The highest BCUT2D eigenvalue weighted by atomic mass is 16.5. The number of carboxylic acid groups (broad SMARTS) is 1. The molecule has 1 unspecified atom stereocenters. The molecule has 0 aromatic carbocycles. The van der Waals surface area contributed by atoms with Crippen LogP contribution in [0.3, 0.4) is 0 Å². The number of ether oxygens (including phenoxy) is 1. The van der Waals surface area contributed by atoms with E-state index < -0.39 is 5.97 Å². The van der Waals surface area contributed by atoms with Crippen LogP contribution in [0, 0.1) is 0 Å². The molecule has 0 aliphatic carbocycles. The molecule has 1 atom stereocenters. The van der Waals surface area contributed by atoms with E-state index in [1.54, 1.807) is 13.2 Å². The van der Waals surface area contributed by atoms with E-state index in [1.165, 1.54) is 0 Å². The lowest BCUT2D eigenvalue weighted by atomic mass is 10.1. The van der Waals surface area contributed by atoms with Crippen LogP contribution in [0.25, 0.3) is 0 Å². The maximum atomic E-state index is 12.1. The molecule has 6 heteroatoms. The summed E-state index contributed by atoms with van der Waals surface area (Å²) in [5.41, 5.74) is 0.590. The number of carbonyl (C=O) groups is 2. The van der Waals surface area contributed by atoms with Gasteiger partial charge in [0.05, 0.1) is 6.61 Å². The van der Waals surface area contributed by atoms with Crippen molar-refractivity contribution in [3.63, 3.8) is 0 Å². The number of nitrogens with zero attached hydrogens (tertiary/aromatic N) is 1. The molecule has 0 bridgehead atoms. The summed E-state index contributed by atoms with van der Waals surface area (Å²) >= 11 is 0. The van der Waals surface area contributed by atoms with E-state index in [0.717, 1.165) is 0 Å². The Labute approximate surface area is 118 Å². The number of aromatic nitrogens is 1. The van der Waals surface area contributed by atoms with Crippen molar-refractivity contribution in [2.24, 2.45) is 0 Å². The minimum absolute atomic E-state index is 0.0485. The molecule has 0 fully saturated rings. The minimum atomic E-state index is -0.808. The Morgan fingerprint density at radius 3 is 2.90 bits per heavy atom. The molecule has 112 valence electrons. The van der Waals surface area contributed by atoms with Gasteiger partial charge in [0, 0.05) is 32.3 Å². The molecule has 1 heterocycles. The minimum Gasteiger partial charge on any atom is -0.481 e. The van der Waals surface area contributed by atoms with Crippen molar-refractivity contribution in [3.8, 4) is 0 Å². The second-order valence-corrected chi connectivity index (χ2v) is 4.74. The second-order valence-electron chi connectivity index (χ2n) is 4.74. The summed E-state index contributed by atoms with van der Waals surface area (Å²) in [6, 6.07) is 3.53. The fraction of sp³-hybridized carbons (Fsp3) is 0.571. The van der Waals surface area contributed by atoms with E-state index >= 15 is 0 Å². The maximum absolute atomic E-state index is 12.1. The Morgan fingerprint density at radius 1 is 1.50 bits per heavy atom. The van der Waals surface area contributed by atoms with Crippen LogP contribution >= 0.6 is 0 Å². The van der Waals surface area contributed by atoms with Crippen LogP contribution in [0.4, 0.5) is 0 Å². The van der Waals surface area contributed by atoms with Crippen molar-refractivity contribution < 1.29 is 19.4 Å². The Bertz CT molecular complexity index is 442. The van der Waals surface area contributed by atoms with E-state index in [4.69, 9.17) is 9.84 Å². The zero-order chi connectivity index (χ0) is 15.0. The SMILES string of the molecule is COCCn1cccc1C(=O)NC(C)CCCC(=O)O. The zero-order valence-corrected chi connectivity index (χ0v) is 12.0. The highest BCUT2D eigenvalue weighted by Gasteiger charge is 2.13. The Hall–Kier alpha value is -1.82. The third kappa shape index (κ3) is 5.44. The van der Waals surface area contributed by atoms with Gasteiger partial charge in [0.1, 0.15) is 5.69 Å². The van der Waals surface area contributed by atoms with Crippen LogP contribution in [0.15, 0.2) is 18.3 Å². The Kier molecular flexibility index (Phi) is 6.79. The number of carboxylic acids is 1. The first-order valence-electron chi connectivity index (χ1n) is 6.71. The molecule has 1 aromatic heterocycles. The lowest BCUT2D eigenvalue weighted by Crippen LogP contribution is -2.34. The first-order chi connectivity index (χ1) is 9.54. The van der Waals surface area contributed by atoms with Crippen molar-refractivity contribution in [2.45, 2.75) is 38.8 Å². The van der Waals surface area contributed by atoms with Gasteiger partial charge in [-0.15, -0.1) is 0 Å². The van der Waals surface area contributed by atoms with E-state index in [0.29, 0.717) is 31.7 Å². The smallest absolute Gasteiger partial charge is 0.303 e. The predicted octanol–water partition coefficient (Wildman–Crippen LogP) is 1.51. The van der Waals surface area contributed by atoms with E-state index in [-0.39, 0.29) is 18.4 Å². The molecular formula is C14H22N2O4. The van der Waals surface area contributed by atoms with Gasteiger partial charge in [0.25, 0.3) is 5.91 Å². The van der Waals surface area contributed by atoms with E-state index in [1.807, 2.05) is 23.8 Å². The van der Waals surface area contributed by atoms with Gasteiger partial charge >= 0.3 is 5.97 Å². The number of hydrogen-bond donors (Lipinski definition) is 2. The van der Waals surface area contributed by atoms with Gasteiger partial charge in [-0.3, -0.25) is 9.59 Å². The average Bonchev–Trinajstić information content (AvgIpc) is 2.84. The molecule has 0 spiro atoms. The van der Waals surface area contributed by atoms with Gasteiger partial charge in [-0.25, -0.2) is 0 Å². The number of aliphatic carboxylic acids is 1. The third-order valence-electron chi connectivity index (χ3n) is 3.00. The summed E-state index contributed by atoms with van der Waals surface area (Å²) in [4.78, 5) is 22.5. The van der Waals surface area contributed by atoms with Crippen LogP contribution < -0.4 is 5.32 Å². The summed E-state index contributed by atoms with van der Waals surface area (Å²) < 4.78 is 6.83. The highest BCUT2D eigenvalue weighted by Crippen LogP contribution is 2.05. The monoisotopic (exact) mass is 282 g/mol. The number of carbonyl (C=O) groups excluding carboxylic acids is 1. The summed E-state index contributed by atoms with van der Waals surface area (Å²) in [5.74, 6) is -0.953. The molecule has 1 aromatic rings. The van der Waals surface area contributed by atoms with Crippen LogP contribution in [-0.4, -0.2) is 41.3 Å². The lowest BCUT2D eigenvalue weighted by molar-refractivity contribution is -0.137. The van der Waals surface area contributed by atoms with Crippen LogP contribution in [0.1, 0.15) is 36.7 Å². The molecule has 0 aliphatic rings. The normalized spacial score (nSPS) is 12.1. The number of nitrogens with one attached hydrogen (secondary N) is 1. The van der Waals surface area contributed by atoms with E-state index in [2.05, 4.69) is 5.32 Å². The first kappa shape index (κ1) is 16.2. The molecule has 0 saturated heterocycles. The molecule has 0 aliphatic heterocycles. The number of methoxy groups -OCH3 is 1. The number of rotatable bonds is 9. The van der Waals surface area contributed by atoms with Gasteiger partial charge in [0.2, 0.25) is 0 Å². The largest absolute Gasteiger partial charge is 0.481 e. The van der Waals surface area contributed by atoms with Crippen molar-refractivity contribution in [3.05, 3.63) is 24.0 Å². The van der Waals surface area contributed by atoms with Crippen molar-refractivity contribution >= 4 is 11.9 Å². The molecule has 6 nitrogen and oxygen atoms in total. The third-order valence-corrected chi connectivity index (χ3v) is 3.00. The Morgan fingerprint density at radius 2 is 2.25 bits per heavy atom. The zero-order valence-electron chi connectivity index (χ0n) is 12.0. The molecule has 0 saturated carbocycles.